The number of piperidine rings is 1. The number of rotatable bonds is 3. The van der Waals surface area contributed by atoms with E-state index in [-0.39, 0.29) is 23.2 Å². The normalized spacial score (nSPS) is 20.5. The van der Waals surface area contributed by atoms with Gasteiger partial charge in [0.2, 0.25) is 5.82 Å². The summed E-state index contributed by atoms with van der Waals surface area (Å²) in [6, 6.07) is 5.81. The van der Waals surface area contributed by atoms with Crippen molar-refractivity contribution in [2.75, 3.05) is 13.1 Å². The van der Waals surface area contributed by atoms with Gasteiger partial charge in [-0.05, 0) is 24.5 Å². The van der Waals surface area contributed by atoms with E-state index in [0.717, 1.165) is 0 Å². The number of benzene rings is 1. The van der Waals surface area contributed by atoms with E-state index in [1.54, 1.807) is 11.8 Å². The fourth-order valence-electron chi connectivity index (χ4n) is 3.10. The summed E-state index contributed by atoms with van der Waals surface area (Å²) >= 11 is 0. The Bertz CT molecular complexity index is 848. The summed E-state index contributed by atoms with van der Waals surface area (Å²) < 4.78 is 41.7. The molecule has 1 aliphatic rings. The third kappa shape index (κ3) is 3.93. The highest BCUT2D eigenvalue weighted by Gasteiger charge is 2.38. The Balaban J connectivity index is 1.71. The van der Waals surface area contributed by atoms with Gasteiger partial charge in [-0.3, -0.25) is 9.59 Å². The predicted molar refractivity (Wildman–Crippen MR) is 85.5 cm³/mol. The van der Waals surface area contributed by atoms with Crippen LogP contribution in [0.25, 0.3) is 11.4 Å². The maximum atomic E-state index is 12.6. The minimum absolute atomic E-state index is 0.167. The SMILES string of the molecule is CC1CN(C(=O)c2ccc(-c3noc(C(F)(F)F)n3)cc2)CCC1C(=O)O. The molecule has 1 fully saturated rings. The third-order valence-corrected chi connectivity index (χ3v) is 4.57. The largest absolute Gasteiger partial charge is 0.481 e. The van der Waals surface area contributed by atoms with Crippen LogP contribution in [0, 0.1) is 11.8 Å². The van der Waals surface area contributed by atoms with Gasteiger partial charge in [-0.2, -0.15) is 18.2 Å². The molecule has 0 bridgehead atoms. The van der Waals surface area contributed by atoms with Gasteiger partial charge in [0.15, 0.2) is 0 Å². The smallest absolute Gasteiger partial charge is 0.471 e. The lowest BCUT2D eigenvalue weighted by Crippen LogP contribution is -2.45. The zero-order chi connectivity index (χ0) is 19.8. The zero-order valence-corrected chi connectivity index (χ0v) is 14.2. The number of halogens is 3. The Morgan fingerprint density at radius 3 is 2.44 bits per heavy atom. The van der Waals surface area contributed by atoms with E-state index < -0.39 is 24.0 Å². The number of aromatic nitrogens is 2. The van der Waals surface area contributed by atoms with Crippen LogP contribution in [0.5, 0.6) is 0 Å². The number of carbonyl (C=O) groups excluding carboxylic acids is 1. The molecule has 10 heteroatoms. The van der Waals surface area contributed by atoms with Crippen LogP contribution >= 0.6 is 0 Å². The van der Waals surface area contributed by atoms with E-state index in [1.165, 1.54) is 24.3 Å². The van der Waals surface area contributed by atoms with Crippen LogP contribution in [-0.4, -0.2) is 45.1 Å². The van der Waals surface area contributed by atoms with Crippen LogP contribution in [0.4, 0.5) is 13.2 Å². The number of aliphatic carboxylic acids is 1. The van der Waals surface area contributed by atoms with Gasteiger partial charge in [0, 0.05) is 24.2 Å². The molecule has 1 amide bonds. The molecule has 7 nitrogen and oxygen atoms in total. The number of hydrogen-bond acceptors (Lipinski definition) is 5. The number of likely N-dealkylation sites (tertiary alicyclic amines) is 1. The van der Waals surface area contributed by atoms with Crippen LogP contribution in [-0.2, 0) is 11.0 Å². The molecule has 3 rings (SSSR count). The summed E-state index contributed by atoms with van der Waals surface area (Å²) in [5, 5.41) is 12.4. The molecule has 27 heavy (non-hydrogen) atoms. The highest BCUT2D eigenvalue weighted by Crippen LogP contribution is 2.29. The monoisotopic (exact) mass is 383 g/mol. The Morgan fingerprint density at radius 1 is 1.26 bits per heavy atom. The number of carboxylic acid groups (broad SMARTS) is 1. The number of nitrogens with zero attached hydrogens (tertiary/aromatic N) is 3. The summed E-state index contributed by atoms with van der Waals surface area (Å²) in [5.74, 6) is -3.43. The Labute approximate surface area is 151 Å². The van der Waals surface area contributed by atoms with Crippen molar-refractivity contribution in [3.05, 3.63) is 35.7 Å². The molecule has 1 aliphatic heterocycles. The molecule has 2 unspecified atom stereocenters. The second kappa shape index (κ2) is 7.01. The van der Waals surface area contributed by atoms with Crippen LogP contribution in [0.3, 0.4) is 0 Å². The van der Waals surface area contributed by atoms with E-state index in [9.17, 15) is 22.8 Å². The first kappa shape index (κ1) is 18.9. The van der Waals surface area contributed by atoms with Crippen LogP contribution in [0.15, 0.2) is 28.8 Å². The number of carbonyl (C=O) groups is 2. The van der Waals surface area contributed by atoms with Gasteiger partial charge in [0.25, 0.3) is 5.91 Å². The van der Waals surface area contributed by atoms with Gasteiger partial charge in [-0.15, -0.1) is 0 Å². The highest BCUT2D eigenvalue weighted by molar-refractivity contribution is 5.94. The first-order chi connectivity index (χ1) is 12.7. The molecule has 0 aliphatic carbocycles. The van der Waals surface area contributed by atoms with Gasteiger partial charge >= 0.3 is 18.0 Å². The lowest BCUT2D eigenvalue weighted by atomic mass is 9.87. The maximum Gasteiger partial charge on any atom is 0.471 e. The van der Waals surface area contributed by atoms with Crippen molar-refractivity contribution in [2.45, 2.75) is 19.5 Å². The van der Waals surface area contributed by atoms with Crippen LogP contribution in [0.2, 0.25) is 0 Å². The van der Waals surface area contributed by atoms with Gasteiger partial charge in [-0.1, -0.05) is 24.2 Å². The number of hydrogen-bond donors (Lipinski definition) is 1. The van der Waals surface area contributed by atoms with Crippen molar-refractivity contribution < 1.29 is 32.4 Å². The van der Waals surface area contributed by atoms with Crippen molar-refractivity contribution in [1.29, 1.82) is 0 Å². The first-order valence-corrected chi connectivity index (χ1v) is 8.20. The lowest BCUT2D eigenvalue weighted by Gasteiger charge is -2.35. The molecule has 2 atom stereocenters. The van der Waals surface area contributed by atoms with Gasteiger partial charge in [-0.25, -0.2) is 0 Å². The molecule has 144 valence electrons. The van der Waals surface area contributed by atoms with Gasteiger partial charge in [0.05, 0.1) is 5.92 Å². The molecule has 1 aromatic carbocycles. The lowest BCUT2D eigenvalue weighted by molar-refractivity contribution is -0.159. The molecule has 1 aromatic heterocycles. The Hall–Kier alpha value is -2.91. The highest BCUT2D eigenvalue weighted by atomic mass is 19.4. The van der Waals surface area contributed by atoms with Crippen LogP contribution in [0.1, 0.15) is 29.6 Å². The Morgan fingerprint density at radius 2 is 1.93 bits per heavy atom. The topological polar surface area (TPSA) is 96.5 Å². The number of alkyl halides is 3. The first-order valence-electron chi connectivity index (χ1n) is 8.20. The standard InChI is InChI=1S/C17H16F3N3O4/c1-9-8-23(7-6-12(9)15(25)26)14(24)11-4-2-10(3-5-11)13-21-16(27-22-13)17(18,19)20/h2-5,9,12H,6-8H2,1H3,(H,25,26). The molecule has 2 heterocycles. The molecular formula is C17H16F3N3O4. The molecule has 1 N–H and O–H groups in total. The van der Waals surface area contributed by atoms with Crippen molar-refractivity contribution in [1.82, 2.24) is 15.0 Å². The third-order valence-electron chi connectivity index (χ3n) is 4.57. The predicted octanol–water partition coefficient (Wildman–Crippen LogP) is 2.94. The molecule has 0 saturated carbocycles. The summed E-state index contributed by atoms with van der Waals surface area (Å²) in [6.07, 6.45) is -4.34. The zero-order valence-electron chi connectivity index (χ0n) is 14.2. The van der Waals surface area contributed by atoms with E-state index >= 15 is 0 Å². The Kier molecular flexibility index (Phi) is 4.90. The summed E-state index contributed by atoms with van der Waals surface area (Å²) in [7, 11) is 0. The minimum atomic E-state index is -4.72. The van der Waals surface area contributed by atoms with E-state index in [1.807, 2.05) is 0 Å². The summed E-state index contributed by atoms with van der Waals surface area (Å²) in [4.78, 5) is 28.6. The average Bonchev–Trinajstić information content (AvgIpc) is 3.11. The van der Waals surface area contributed by atoms with E-state index in [2.05, 4.69) is 14.7 Å². The average molecular weight is 383 g/mol. The van der Waals surface area contributed by atoms with Gasteiger partial charge in [0.1, 0.15) is 0 Å². The van der Waals surface area contributed by atoms with Crippen molar-refractivity contribution in [3.63, 3.8) is 0 Å². The fraction of sp³-hybridized carbons (Fsp3) is 0.412. The molecule has 2 aromatic rings. The summed E-state index contributed by atoms with van der Waals surface area (Å²) in [6.45, 7) is 2.45. The van der Waals surface area contributed by atoms with E-state index in [4.69, 9.17) is 5.11 Å². The summed E-state index contributed by atoms with van der Waals surface area (Å²) in [5.41, 5.74) is 0.628. The maximum absolute atomic E-state index is 12.6. The van der Waals surface area contributed by atoms with Crippen molar-refractivity contribution in [2.24, 2.45) is 11.8 Å². The molecular weight excluding hydrogens is 367 g/mol. The molecule has 1 saturated heterocycles. The second-order valence-corrected chi connectivity index (χ2v) is 6.46. The second-order valence-electron chi connectivity index (χ2n) is 6.46. The quantitative estimate of drug-likeness (QED) is 0.875. The van der Waals surface area contributed by atoms with Gasteiger partial charge < -0.3 is 14.5 Å². The fourth-order valence-corrected chi connectivity index (χ4v) is 3.10. The van der Waals surface area contributed by atoms with Crippen molar-refractivity contribution >= 4 is 11.9 Å². The minimum Gasteiger partial charge on any atom is -0.481 e. The molecule has 0 radical (unpaired) electrons. The number of carboxylic acids is 1. The van der Waals surface area contributed by atoms with Crippen molar-refractivity contribution in [3.8, 4) is 11.4 Å². The van der Waals surface area contributed by atoms with Crippen LogP contribution < -0.4 is 0 Å². The molecule has 0 spiro atoms. The number of amides is 1. The van der Waals surface area contributed by atoms with E-state index in [0.29, 0.717) is 25.1 Å².